The molecule has 0 aliphatic rings. The molecule has 1 rings (SSSR count). The highest BCUT2D eigenvalue weighted by atomic mass is 32.2. The highest BCUT2D eigenvalue weighted by Crippen LogP contribution is 2.08. The van der Waals surface area contributed by atoms with Crippen LogP contribution in [0.15, 0.2) is 24.3 Å². The monoisotopic (exact) mass is 301 g/mol. The van der Waals surface area contributed by atoms with Gasteiger partial charge in [-0.2, -0.15) is 0 Å². The minimum Gasteiger partial charge on any atom is -0.478 e. The van der Waals surface area contributed by atoms with Gasteiger partial charge in [-0.15, -0.1) is 0 Å². The number of nitrogens with one attached hydrogen (secondary N) is 1. The number of rotatable bonds is 8. The van der Waals surface area contributed by atoms with E-state index in [1.807, 2.05) is 0 Å². The maximum Gasteiger partial charge on any atom is 0.335 e. The molecule has 1 aromatic carbocycles. The summed E-state index contributed by atoms with van der Waals surface area (Å²) in [5.74, 6) is -1.39. The van der Waals surface area contributed by atoms with E-state index in [2.05, 4.69) is 4.72 Å². The molecule has 0 heterocycles. The van der Waals surface area contributed by atoms with Crippen LogP contribution in [0.4, 0.5) is 0 Å². The maximum absolute atomic E-state index is 11.7. The van der Waals surface area contributed by atoms with Gasteiger partial charge in [0.15, 0.2) is 0 Å². The lowest BCUT2D eigenvalue weighted by Crippen LogP contribution is -2.36. The molecule has 110 valence electrons. The molecule has 7 nitrogen and oxygen atoms in total. The average Bonchev–Trinajstić information content (AvgIpc) is 2.37. The zero-order valence-electron chi connectivity index (χ0n) is 10.7. The number of aliphatic hydroxyl groups excluding tert-OH is 1. The lowest BCUT2D eigenvalue weighted by atomic mass is 9.66. The van der Waals surface area contributed by atoms with Crippen LogP contribution in [0.2, 0.25) is 6.32 Å². The van der Waals surface area contributed by atoms with Gasteiger partial charge in [-0.3, -0.25) is 0 Å². The van der Waals surface area contributed by atoms with Gasteiger partial charge in [0, 0.05) is 13.1 Å². The second-order valence-electron chi connectivity index (χ2n) is 4.28. The summed E-state index contributed by atoms with van der Waals surface area (Å²) in [4.78, 5) is 10.7. The Morgan fingerprint density at radius 3 is 2.35 bits per heavy atom. The number of hydrogen-bond donors (Lipinski definition) is 4. The molecule has 9 heteroatoms. The van der Waals surface area contributed by atoms with Crippen LogP contribution in [-0.2, 0) is 15.8 Å². The molecule has 0 aromatic heterocycles. The number of aromatic carboxylic acids is 1. The normalized spacial score (nSPS) is 11.3. The van der Waals surface area contributed by atoms with E-state index in [9.17, 15) is 18.2 Å². The van der Waals surface area contributed by atoms with E-state index >= 15 is 0 Å². The highest BCUT2D eigenvalue weighted by Gasteiger charge is 2.16. The topological polar surface area (TPSA) is 124 Å². The zero-order valence-corrected chi connectivity index (χ0v) is 11.5. The SMILES string of the molecule is O=C(O)c1ccc(CS(=O)(=O)NCB(O)CCO)cc1. The standard InChI is InChI=1S/C11H16BNO6S/c14-6-5-12(17)8-13-20(18,19)7-9-1-3-10(4-2-9)11(15)16/h1-4,13-14,17H,5-8H2,(H,15,16). The third-order valence-electron chi connectivity index (χ3n) is 2.56. The van der Waals surface area contributed by atoms with Crippen LogP contribution in [0.1, 0.15) is 15.9 Å². The lowest BCUT2D eigenvalue weighted by Gasteiger charge is -2.08. The molecule has 0 unspecified atom stereocenters. The van der Waals surface area contributed by atoms with E-state index in [4.69, 9.17) is 10.2 Å². The van der Waals surface area contributed by atoms with E-state index < -0.39 is 22.9 Å². The molecule has 0 aliphatic carbocycles. The Bertz CT molecular complexity index is 545. The summed E-state index contributed by atoms with van der Waals surface area (Å²) in [5.41, 5.74) is 0.525. The fourth-order valence-electron chi connectivity index (χ4n) is 1.49. The molecule has 0 radical (unpaired) electrons. The first-order chi connectivity index (χ1) is 9.34. The number of hydrogen-bond acceptors (Lipinski definition) is 5. The number of sulfonamides is 1. The molecule has 0 saturated carbocycles. The Morgan fingerprint density at radius 1 is 1.25 bits per heavy atom. The van der Waals surface area contributed by atoms with Gasteiger partial charge in [-0.05, 0) is 24.0 Å². The van der Waals surface area contributed by atoms with E-state index in [0.29, 0.717) is 5.56 Å². The van der Waals surface area contributed by atoms with Crippen molar-refractivity contribution in [1.82, 2.24) is 4.72 Å². The fraction of sp³-hybridized carbons (Fsp3) is 0.364. The molecule has 0 spiro atoms. The van der Waals surface area contributed by atoms with Crippen molar-refractivity contribution in [2.75, 3.05) is 13.1 Å². The quantitative estimate of drug-likeness (QED) is 0.472. The van der Waals surface area contributed by atoms with Crippen LogP contribution in [0.3, 0.4) is 0 Å². The van der Waals surface area contributed by atoms with Gasteiger partial charge < -0.3 is 15.2 Å². The van der Waals surface area contributed by atoms with Crippen LogP contribution in [0.5, 0.6) is 0 Å². The predicted molar refractivity (Wildman–Crippen MR) is 73.9 cm³/mol. The van der Waals surface area contributed by atoms with Crippen molar-refractivity contribution in [3.63, 3.8) is 0 Å². The molecule has 0 atom stereocenters. The van der Waals surface area contributed by atoms with Crippen LogP contribution in [0.25, 0.3) is 0 Å². The Labute approximate surface area is 117 Å². The van der Waals surface area contributed by atoms with Crippen molar-refractivity contribution in [3.05, 3.63) is 35.4 Å². The maximum atomic E-state index is 11.7. The van der Waals surface area contributed by atoms with Gasteiger partial charge in [0.1, 0.15) is 0 Å². The Hall–Kier alpha value is -1.42. The Morgan fingerprint density at radius 2 is 1.85 bits per heavy atom. The van der Waals surface area contributed by atoms with Crippen LogP contribution < -0.4 is 4.72 Å². The molecule has 0 aliphatic heterocycles. The lowest BCUT2D eigenvalue weighted by molar-refractivity contribution is 0.0697. The average molecular weight is 301 g/mol. The number of benzene rings is 1. The molecule has 0 fully saturated rings. The van der Waals surface area contributed by atoms with Gasteiger partial charge in [0.2, 0.25) is 10.0 Å². The summed E-state index contributed by atoms with van der Waals surface area (Å²) in [6, 6.07) is 5.50. The highest BCUT2D eigenvalue weighted by molar-refractivity contribution is 7.88. The van der Waals surface area contributed by atoms with Gasteiger partial charge in [-0.25, -0.2) is 17.9 Å². The van der Waals surface area contributed by atoms with Gasteiger partial charge in [0.05, 0.1) is 11.3 Å². The largest absolute Gasteiger partial charge is 0.478 e. The van der Waals surface area contributed by atoms with Crippen molar-refractivity contribution in [1.29, 1.82) is 0 Å². The molecule has 20 heavy (non-hydrogen) atoms. The number of carboxylic acid groups (broad SMARTS) is 1. The Balaban J connectivity index is 2.59. The van der Waals surface area contributed by atoms with Gasteiger partial charge in [-0.1, -0.05) is 12.1 Å². The second-order valence-corrected chi connectivity index (χ2v) is 6.08. The van der Waals surface area contributed by atoms with Crippen molar-refractivity contribution in [2.45, 2.75) is 12.1 Å². The number of aliphatic hydroxyl groups is 1. The summed E-state index contributed by atoms with van der Waals surface area (Å²) in [5, 5.41) is 26.6. The van der Waals surface area contributed by atoms with Crippen LogP contribution in [-0.4, -0.2) is 49.6 Å². The first-order valence-corrected chi connectivity index (χ1v) is 7.58. The minimum atomic E-state index is -3.62. The van der Waals surface area contributed by atoms with E-state index in [1.165, 1.54) is 24.3 Å². The third kappa shape index (κ3) is 5.70. The van der Waals surface area contributed by atoms with Crippen molar-refractivity contribution in [3.8, 4) is 0 Å². The second kappa shape index (κ2) is 7.39. The van der Waals surface area contributed by atoms with Gasteiger partial charge in [0.25, 0.3) is 0 Å². The molecule has 0 bridgehead atoms. The molecular weight excluding hydrogens is 285 g/mol. The number of carboxylic acids is 1. The van der Waals surface area contributed by atoms with Crippen molar-refractivity contribution < 1.29 is 28.4 Å². The molecule has 0 amide bonds. The van der Waals surface area contributed by atoms with E-state index in [1.54, 1.807) is 0 Å². The first kappa shape index (κ1) is 16.6. The third-order valence-corrected chi connectivity index (χ3v) is 3.88. The summed E-state index contributed by atoms with van der Waals surface area (Å²) in [7, 11) is -3.62. The molecular formula is C11H16BNO6S. The number of carbonyl (C=O) groups is 1. The van der Waals surface area contributed by atoms with Crippen molar-refractivity contribution in [2.24, 2.45) is 0 Å². The zero-order chi connectivity index (χ0) is 15.2. The van der Waals surface area contributed by atoms with Crippen molar-refractivity contribution >= 4 is 22.9 Å². The van der Waals surface area contributed by atoms with Gasteiger partial charge >= 0.3 is 12.9 Å². The summed E-state index contributed by atoms with van der Waals surface area (Å²) >= 11 is 0. The van der Waals surface area contributed by atoms with E-state index in [0.717, 1.165) is 0 Å². The first-order valence-electron chi connectivity index (χ1n) is 5.92. The molecule has 0 saturated heterocycles. The smallest absolute Gasteiger partial charge is 0.335 e. The summed E-state index contributed by atoms with van der Waals surface area (Å²) < 4.78 is 25.7. The van der Waals surface area contributed by atoms with E-state index in [-0.39, 0.29) is 30.7 Å². The predicted octanol–water partition coefficient (Wildman–Crippen LogP) is -0.680. The summed E-state index contributed by atoms with van der Waals surface area (Å²) in [6.45, 7) is -1.16. The Kier molecular flexibility index (Phi) is 6.15. The fourth-order valence-corrected chi connectivity index (χ4v) is 2.67. The molecule has 4 N–H and O–H groups in total. The molecule has 1 aromatic rings. The minimum absolute atomic E-state index is 0.0810. The van der Waals surface area contributed by atoms with Crippen LogP contribution in [0, 0.1) is 0 Å². The summed E-state index contributed by atoms with van der Waals surface area (Å²) in [6.07, 6.45) is -0.0774. The van der Waals surface area contributed by atoms with Crippen LogP contribution >= 0.6 is 0 Å².